The van der Waals surface area contributed by atoms with E-state index in [0.717, 1.165) is 57.8 Å². The summed E-state index contributed by atoms with van der Waals surface area (Å²) in [5, 5.41) is 0. The fourth-order valence-corrected chi connectivity index (χ4v) is 2.07. The van der Waals surface area contributed by atoms with Gasteiger partial charge in [-0.15, -0.1) is 0 Å². The molecule has 0 aromatic carbocycles. The van der Waals surface area contributed by atoms with E-state index in [9.17, 15) is 9.59 Å². The lowest BCUT2D eigenvalue weighted by atomic mass is 9.99. The molecule has 1 rings (SSSR count). The number of hydrogen-bond donors (Lipinski definition) is 0. The molecule has 0 bridgehead atoms. The number of ether oxygens (including phenoxy) is 3. The minimum Gasteiger partial charge on any atom is -0.463 e. The molecule has 0 radical (unpaired) electrons. The Balaban J connectivity index is 2.04. The molecule has 0 N–H and O–H groups in total. The average Bonchev–Trinajstić information content (AvgIpc) is 2.58. The van der Waals surface area contributed by atoms with Crippen molar-refractivity contribution >= 4 is 11.9 Å². The number of nitrogens with zero attached hydrogens (tertiary/aromatic N) is 1. The molecular formula is C18H31NO5. The molecular weight excluding hydrogens is 310 g/mol. The maximum atomic E-state index is 11.5. The predicted octanol–water partition coefficient (Wildman–Crippen LogP) is 2.03. The van der Waals surface area contributed by atoms with E-state index in [-0.39, 0.29) is 0 Å². The Kier molecular flexibility index (Phi) is 10.4. The quantitative estimate of drug-likeness (QED) is 0.344. The summed E-state index contributed by atoms with van der Waals surface area (Å²) in [5.74, 6) is -0.271. The van der Waals surface area contributed by atoms with Gasteiger partial charge in [-0.1, -0.05) is 20.8 Å². The van der Waals surface area contributed by atoms with Gasteiger partial charge in [0.05, 0.1) is 26.4 Å². The Morgan fingerprint density at radius 2 is 1.67 bits per heavy atom. The van der Waals surface area contributed by atoms with Crippen molar-refractivity contribution in [3.8, 4) is 0 Å². The van der Waals surface area contributed by atoms with E-state index < -0.39 is 11.9 Å². The molecule has 0 saturated carbocycles. The highest BCUT2D eigenvalue weighted by molar-refractivity contribution is 5.91. The van der Waals surface area contributed by atoms with E-state index in [1.54, 1.807) is 0 Å². The lowest BCUT2D eigenvalue weighted by Crippen LogP contribution is -2.36. The molecule has 0 spiro atoms. The number of carbonyl (C=O) groups is 2. The molecule has 6 nitrogen and oxygen atoms in total. The molecule has 138 valence electrons. The summed E-state index contributed by atoms with van der Waals surface area (Å²) in [6.07, 6.45) is 4.05. The molecule has 1 heterocycles. The molecule has 1 atom stereocenters. The summed E-state index contributed by atoms with van der Waals surface area (Å²) in [4.78, 5) is 25.4. The van der Waals surface area contributed by atoms with Crippen molar-refractivity contribution in [3.05, 3.63) is 12.2 Å². The van der Waals surface area contributed by atoms with Gasteiger partial charge >= 0.3 is 11.9 Å². The molecule has 0 aromatic heterocycles. The smallest absolute Gasteiger partial charge is 0.331 e. The highest BCUT2D eigenvalue weighted by atomic mass is 16.5. The normalized spacial score (nSPS) is 17.2. The van der Waals surface area contributed by atoms with Gasteiger partial charge < -0.3 is 14.2 Å². The van der Waals surface area contributed by atoms with E-state index in [2.05, 4.69) is 18.7 Å². The highest BCUT2D eigenvalue weighted by Gasteiger charge is 2.10. The van der Waals surface area contributed by atoms with E-state index in [1.807, 2.05) is 6.92 Å². The van der Waals surface area contributed by atoms with Crippen molar-refractivity contribution in [2.75, 3.05) is 46.1 Å². The first-order valence-electron chi connectivity index (χ1n) is 8.80. The van der Waals surface area contributed by atoms with Gasteiger partial charge in [-0.2, -0.15) is 0 Å². The van der Waals surface area contributed by atoms with E-state index in [0.29, 0.717) is 25.0 Å². The number of rotatable bonds is 10. The summed E-state index contributed by atoms with van der Waals surface area (Å²) in [5.41, 5.74) is 0. The number of morpholine rings is 1. The van der Waals surface area contributed by atoms with Crippen LogP contribution in [0.3, 0.4) is 0 Å². The fourth-order valence-electron chi connectivity index (χ4n) is 2.07. The van der Waals surface area contributed by atoms with Crippen molar-refractivity contribution in [1.29, 1.82) is 0 Å². The Morgan fingerprint density at radius 1 is 1.04 bits per heavy atom. The van der Waals surface area contributed by atoms with Crippen molar-refractivity contribution in [1.82, 2.24) is 4.90 Å². The second kappa shape index (κ2) is 12.0. The molecule has 0 amide bonds. The number of hydrogen-bond acceptors (Lipinski definition) is 6. The van der Waals surface area contributed by atoms with Gasteiger partial charge in [0.25, 0.3) is 0 Å². The summed E-state index contributed by atoms with van der Waals surface area (Å²) in [7, 11) is 0. The van der Waals surface area contributed by atoms with E-state index >= 15 is 0 Å². The molecule has 1 fully saturated rings. The first-order valence-corrected chi connectivity index (χ1v) is 8.80. The molecule has 1 unspecified atom stereocenters. The van der Waals surface area contributed by atoms with Gasteiger partial charge in [0.1, 0.15) is 0 Å². The van der Waals surface area contributed by atoms with Crippen LogP contribution >= 0.6 is 0 Å². The number of carbonyl (C=O) groups excluding carboxylic acids is 2. The summed E-state index contributed by atoms with van der Waals surface area (Å²) < 4.78 is 15.4. The predicted molar refractivity (Wildman–Crippen MR) is 91.6 cm³/mol. The van der Waals surface area contributed by atoms with Crippen LogP contribution in [0, 0.1) is 11.8 Å². The van der Waals surface area contributed by atoms with Crippen LogP contribution in [0.2, 0.25) is 0 Å². The van der Waals surface area contributed by atoms with Crippen molar-refractivity contribution in [2.24, 2.45) is 11.8 Å². The third kappa shape index (κ3) is 9.67. The molecule has 6 heteroatoms. The minimum atomic E-state index is -0.508. The van der Waals surface area contributed by atoms with Gasteiger partial charge in [0.2, 0.25) is 0 Å². The van der Waals surface area contributed by atoms with Gasteiger partial charge in [-0.25, -0.2) is 9.59 Å². The van der Waals surface area contributed by atoms with Crippen LogP contribution in [0.5, 0.6) is 0 Å². The second-order valence-corrected chi connectivity index (χ2v) is 6.51. The molecule has 1 saturated heterocycles. The number of esters is 2. The van der Waals surface area contributed by atoms with Gasteiger partial charge in [0.15, 0.2) is 0 Å². The van der Waals surface area contributed by atoms with Crippen LogP contribution in [0.25, 0.3) is 0 Å². The zero-order chi connectivity index (χ0) is 17.8. The van der Waals surface area contributed by atoms with Crippen molar-refractivity contribution in [2.45, 2.75) is 33.6 Å². The summed E-state index contributed by atoms with van der Waals surface area (Å²) in [6.45, 7) is 11.4. The molecule has 24 heavy (non-hydrogen) atoms. The average molecular weight is 341 g/mol. The fraction of sp³-hybridized carbons (Fsp3) is 0.778. The van der Waals surface area contributed by atoms with Crippen LogP contribution in [0.1, 0.15) is 33.6 Å². The molecule has 0 aliphatic carbocycles. The topological polar surface area (TPSA) is 65.1 Å². The van der Waals surface area contributed by atoms with Crippen LogP contribution < -0.4 is 0 Å². The lowest BCUT2D eigenvalue weighted by molar-refractivity contribution is -0.141. The third-order valence-electron chi connectivity index (χ3n) is 4.20. The van der Waals surface area contributed by atoms with Gasteiger partial charge in [-0.3, -0.25) is 4.90 Å². The molecule has 1 aliphatic heterocycles. The molecule has 1 aliphatic rings. The Hall–Kier alpha value is -1.40. The van der Waals surface area contributed by atoms with Gasteiger partial charge in [-0.05, 0) is 31.2 Å². The Morgan fingerprint density at radius 3 is 2.29 bits per heavy atom. The van der Waals surface area contributed by atoms with Crippen molar-refractivity contribution in [3.63, 3.8) is 0 Å². The zero-order valence-corrected chi connectivity index (χ0v) is 15.2. The number of unbranched alkanes of at least 4 members (excludes halogenated alkanes) is 1. The van der Waals surface area contributed by atoms with E-state index in [4.69, 9.17) is 14.2 Å². The SMILES string of the molecule is CC(C)C(C)COC(=O)/C=C/C(=O)OCCCCN1CCOCC1. The first-order chi connectivity index (χ1) is 11.5. The lowest BCUT2D eigenvalue weighted by Gasteiger charge is -2.26. The highest BCUT2D eigenvalue weighted by Crippen LogP contribution is 2.09. The zero-order valence-electron chi connectivity index (χ0n) is 15.2. The maximum Gasteiger partial charge on any atom is 0.331 e. The Labute approximate surface area is 145 Å². The summed E-state index contributed by atoms with van der Waals surface area (Å²) in [6, 6.07) is 0. The van der Waals surface area contributed by atoms with Gasteiger partial charge in [0, 0.05) is 25.2 Å². The Bertz CT molecular complexity index is 402. The molecule has 0 aromatic rings. The van der Waals surface area contributed by atoms with Crippen LogP contribution in [-0.4, -0.2) is 62.9 Å². The maximum absolute atomic E-state index is 11.5. The van der Waals surface area contributed by atoms with Crippen molar-refractivity contribution < 1.29 is 23.8 Å². The largest absolute Gasteiger partial charge is 0.463 e. The minimum absolute atomic E-state index is 0.292. The summed E-state index contributed by atoms with van der Waals surface area (Å²) >= 11 is 0. The monoisotopic (exact) mass is 341 g/mol. The standard InChI is InChI=1S/C18H31NO5/c1-15(2)16(3)14-24-18(21)7-6-17(20)23-11-5-4-8-19-9-12-22-13-10-19/h6-7,15-16H,4-5,8-14H2,1-3H3/b7-6+. The van der Waals surface area contributed by atoms with Crippen LogP contribution in [-0.2, 0) is 23.8 Å². The van der Waals surface area contributed by atoms with Crippen LogP contribution in [0.4, 0.5) is 0 Å². The van der Waals surface area contributed by atoms with E-state index in [1.165, 1.54) is 0 Å². The third-order valence-corrected chi connectivity index (χ3v) is 4.20. The first kappa shape index (κ1) is 20.6. The van der Waals surface area contributed by atoms with Crippen LogP contribution in [0.15, 0.2) is 12.2 Å². The second-order valence-electron chi connectivity index (χ2n) is 6.51.